The van der Waals surface area contributed by atoms with Crippen LogP contribution in [0.2, 0.25) is 0 Å². The monoisotopic (exact) mass is 360 g/mol. The van der Waals surface area contributed by atoms with Crippen LogP contribution in [-0.4, -0.2) is 32.5 Å². The largest absolute Gasteiger partial charge is 0.335 e. The predicted molar refractivity (Wildman–Crippen MR) is 106 cm³/mol. The number of pyridine rings is 1. The molecule has 1 aromatic carbocycles. The van der Waals surface area contributed by atoms with E-state index in [2.05, 4.69) is 29.0 Å². The number of hydrogen-bond donors (Lipinski definition) is 0. The van der Waals surface area contributed by atoms with Crippen LogP contribution in [-0.2, 0) is 6.54 Å². The maximum Gasteiger partial charge on any atom is 0.254 e. The highest BCUT2D eigenvalue weighted by atomic mass is 16.2. The van der Waals surface area contributed by atoms with E-state index in [0.717, 1.165) is 22.5 Å². The molecule has 0 bridgehead atoms. The Bertz CT molecular complexity index is 892. The lowest BCUT2D eigenvalue weighted by Crippen LogP contribution is -2.30. The van der Waals surface area contributed by atoms with Gasteiger partial charge in [-0.3, -0.25) is 9.78 Å². The van der Waals surface area contributed by atoms with Crippen LogP contribution < -0.4 is 0 Å². The molecule has 2 aromatic heterocycles. The van der Waals surface area contributed by atoms with Gasteiger partial charge in [0, 0.05) is 36.6 Å². The molecule has 2 heterocycles. The van der Waals surface area contributed by atoms with Gasteiger partial charge < -0.3 is 4.90 Å². The van der Waals surface area contributed by atoms with Crippen LogP contribution in [0.1, 0.15) is 48.3 Å². The molecule has 0 N–H and O–H groups in total. The van der Waals surface area contributed by atoms with Gasteiger partial charge in [0.15, 0.2) is 0 Å². The second-order valence-electron chi connectivity index (χ2n) is 6.75. The Balaban J connectivity index is 1.82. The Kier molecular flexibility index (Phi) is 5.91. The average molecular weight is 360 g/mol. The van der Waals surface area contributed by atoms with Crippen LogP contribution in [0.15, 0.2) is 60.9 Å². The van der Waals surface area contributed by atoms with Crippen molar-refractivity contribution in [2.24, 2.45) is 0 Å². The summed E-state index contributed by atoms with van der Waals surface area (Å²) in [5.74, 6) is 0.341. The van der Waals surface area contributed by atoms with Gasteiger partial charge in [-0.25, -0.2) is 0 Å². The highest BCUT2D eigenvalue weighted by Gasteiger charge is 2.15. The summed E-state index contributed by atoms with van der Waals surface area (Å²) in [6.45, 7) is 7.36. The maximum atomic E-state index is 13.0. The molecule has 138 valence electrons. The van der Waals surface area contributed by atoms with Crippen LogP contribution in [0.3, 0.4) is 0 Å². The molecule has 3 aromatic rings. The zero-order valence-electron chi connectivity index (χ0n) is 16.0. The summed E-state index contributed by atoms with van der Waals surface area (Å²) in [4.78, 5) is 18.8. The molecular formula is C22H24N4O. The third kappa shape index (κ3) is 4.56. The van der Waals surface area contributed by atoms with Gasteiger partial charge in [0.05, 0.1) is 11.4 Å². The SMILES string of the molecule is CCN(Cc1ccncc1)C(=O)c1cccc(-c2ccc(C(C)C)nn2)c1. The highest BCUT2D eigenvalue weighted by Crippen LogP contribution is 2.21. The number of aromatic nitrogens is 3. The van der Waals surface area contributed by atoms with Crippen molar-refractivity contribution >= 4 is 5.91 Å². The number of amides is 1. The fraction of sp³-hybridized carbons (Fsp3) is 0.273. The van der Waals surface area contributed by atoms with E-state index in [-0.39, 0.29) is 5.91 Å². The molecular weight excluding hydrogens is 336 g/mol. The highest BCUT2D eigenvalue weighted by molar-refractivity contribution is 5.95. The van der Waals surface area contributed by atoms with Crippen LogP contribution >= 0.6 is 0 Å². The number of hydrogen-bond acceptors (Lipinski definition) is 4. The third-order valence-corrected chi connectivity index (χ3v) is 4.47. The zero-order valence-corrected chi connectivity index (χ0v) is 16.0. The van der Waals surface area contributed by atoms with Crippen LogP contribution in [0, 0.1) is 0 Å². The molecule has 1 amide bonds. The summed E-state index contributed by atoms with van der Waals surface area (Å²) in [5.41, 5.74) is 4.33. The Hall–Kier alpha value is -3.08. The average Bonchev–Trinajstić information content (AvgIpc) is 2.72. The number of carbonyl (C=O) groups excluding carboxylic acids is 1. The van der Waals surface area contributed by atoms with Gasteiger partial charge in [-0.15, -0.1) is 0 Å². The normalized spacial score (nSPS) is 10.8. The lowest BCUT2D eigenvalue weighted by molar-refractivity contribution is 0.0752. The molecule has 0 saturated heterocycles. The summed E-state index contributed by atoms with van der Waals surface area (Å²) < 4.78 is 0. The van der Waals surface area contributed by atoms with Crippen molar-refractivity contribution in [1.82, 2.24) is 20.1 Å². The predicted octanol–water partition coefficient (Wildman–Crippen LogP) is 4.32. The quantitative estimate of drug-likeness (QED) is 0.657. The zero-order chi connectivity index (χ0) is 19.2. The van der Waals surface area contributed by atoms with Gasteiger partial charge in [0.25, 0.3) is 5.91 Å². The fourth-order valence-electron chi connectivity index (χ4n) is 2.83. The standard InChI is InChI=1S/C22H24N4O/c1-4-26(15-17-10-12-23-13-11-17)22(27)19-7-5-6-18(14-19)21-9-8-20(16(2)3)24-25-21/h5-14,16H,4,15H2,1-3H3. The molecule has 3 rings (SSSR count). The third-order valence-electron chi connectivity index (χ3n) is 4.47. The number of carbonyl (C=O) groups is 1. The number of nitrogens with zero attached hydrogens (tertiary/aromatic N) is 4. The molecule has 0 aliphatic heterocycles. The van der Waals surface area contributed by atoms with Crippen molar-refractivity contribution in [3.05, 3.63) is 77.7 Å². The minimum absolute atomic E-state index is 0.00271. The lowest BCUT2D eigenvalue weighted by Gasteiger charge is -2.21. The molecule has 0 atom stereocenters. The van der Waals surface area contributed by atoms with Gasteiger partial charge >= 0.3 is 0 Å². The van der Waals surface area contributed by atoms with Crippen molar-refractivity contribution in [2.45, 2.75) is 33.2 Å². The first kappa shape index (κ1) is 18.7. The van der Waals surface area contributed by atoms with Crippen molar-refractivity contribution < 1.29 is 4.79 Å². The molecule has 0 aliphatic rings. The second-order valence-corrected chi connectivity index (χ2v) is 6.75. The van der Waals surface area contributed by atoms with Gasteiger partial charge in [0.2, 0.25) is 0 Å². The Morgan fingerprint density at radius 2 is 1.81 bits per heavy atom. The Morgan fingerprint density at radius 3 is 2.44 bits per heavy atom. The first-order valence-corrected chi connectivity index (χ1v) is 9.20. The van der Waals surface area contributed by atoms with E-state index in [4.69, 9.17) is 0 Å². The van der Waals surface area contributed by atoms with Gasteiger partial charge in [-0.1, -0.05) is 26.0 Å². The van der Waals surface area contributed by atoms with E-state index in [1.807, 2.05) is 60.4 Å². The molecule has 0 unspecified atom stereocenters. The van der Waals surface area contributed by atoms with Crippen LogP contribution in [0.25, 0.3) is 11.3 Å². The lowest BCUT2D eigenvalue weighted by atomic mass is 10.1. The van der Waals surface area contributed by atoms with E-state index in [1.165, 1.54) is 0 Å². The van der Waals surface area contributed by atoms with Gasteiger partial charge in [-0.2, -0.15) is 10.2 Å². The number of benzene rings is 1. The molecule has 5 heteroatoms. The van der Waals surface area contributed by atoms with E-state index in [9.17, 15) is 4.79 Å². The topological polar surface area (TPSA) is 59.0 Å². The summed E-state index contributed by atoms with van der Waals surface area (Å²) in [5, 5.41) is 8.61. The first-order valence-electron chi connectivity index (χ1n) is 9.20. The van der Waals surface area contributed by atoms with Gasteiger partial charge in [0.1, 0.15) is 0 Å². The first-order chi connectivity index (χ1) is 13.1. The maximum absolute atomic E-state index is 13.0. The van der Waals surface area contributed by atoms with Crippen LogP contribution in [0.4, 0.5) is 0 Å². The van der Waals surface area contributed by atoms with Crippen molar-refractivity contribution in [1.29, 1.82) is 0 Å². The van der Waals surface area contributed by atoms with Crippen molar-refractivity contribution in [3.8, 4) is 11.3 Å². The Morgan fingerprint density at radius 1 is 1.04 bits per heavy atom. The van der Waals surface area contributed by atoms with E-state index < -0.39 is 0 Å². The fourth-order valence-corrected chi connectivity index (χ4v) is 2.83. The molecule has 0 aliphatic carbocycles. The minimum Gasteiger partial charge on any atom is -0.335 e. The molecule has 0 fully saturated rings. The number of rotatable bonds is 6. The molecule has 0 saturated carbocycles. The van der Waals surface area contributed by atoms with Crippen LogP contribution in [0.5, 0.6) is 0 Å². The molecule has 0 radical (unpaired) electrons. The second kappa shape index (κ2) is 8.54. The summed E-state index contributed by atoms with van der Waals surface area (Å²) in [7, 11) is 0. The summed E-state index contributed by atoms with van der Waals surface area (Å²) in [6, 6.07) is 15.4. The summed E-state index contributed by atoms with van der Waals surface area (Å²) in [6.07, 6.45) is 3.49. The van der Waals surface area contributed by atoms with E-state index in [0.29, 0.717) is 24.6 Å². The van der Waals surface area contributed by atoms with Gasteiger partial charge in [-0.05, 0) is 54.8 Å². The molecule has 5 nitrogen and oxygen atoms in total. The minimum atomic E-state index is 0.00271. The molecule has 0 spiro atoms. The summed E-state index contributed by atoms with van der Waals surface area (Å²) >= 11 is 0. The molecule has 27 heavy (non-hydrogen) atoms. The Labute approximate surface area is 160 Å². The van der Waals surface area contributed by atoms with Crippen molar-refractivity contribution in [2.75, 3.05) is 6.54 Å². The smallest absolute Gasteiger partial charge is 0.254 e. The van der Waals surface area contributed by atoms with E-state index >= 15 is 0 Å². The van der Waals surface area contributed by atoms with E-state index in [1.54, 1.807) is 12.4 Å². The van der Waals surface area contributed by atoms with Crippen molar-refractivity contribution in [3.63, 3.8) is 0 Å².